The normalized spacial score (nSPS) is 10.6. The molecule has 0 unspecified atom stereocenters. The van der Waals surface area contributed by atoms with Gasteiger partial charge in [-0.3, -0.25) is 0 Å². The molecule has 26 heavy (non-hydrogen) atoms. The minimum atomic E-state index is -0.509. The van der Waals surface area contributed by atoms with Gasteiger partial charge >= 0.3 is 5.97 Å². The Kier molecular flexibility index (Phi) is 6.19. The maximum atomic E-state index is 12.2. The molecule has 0 fully saturated rings. The molecule has 134 valence electrons. The number of thiazole rings is 1. The van der Waals surface area contributed by atoms with Crippen molar-refractivity contribution in [3.05, 3.63) is 67.6 Å². The second-order valence-corrected chi connectivity index (χ2v) is 7.68. The number of carbonyl (C=O) groups excluding carboxylic acids is 1. The quantitative estimate of drug-likeness (QED) is 0.325. The Hall–Kier alpha value is -1.60. The van der Waals surface area contributed by atoms with Crippen molar-refractivity contribution in [2.45, 2.75) is 6.61 Å². The monoisotopic (exact) mass is 471 g/mol. The van der Waals surface area contributed by atoms with Crippen LogP contribution in [0.2, 0.25) is 10.0 Å². The summed E-state index contributed by atoms with van der Waals surface area (Å²) in [7, 11) is 1.60. The van der Waals surface area contributed by atoms with Crippen LogP contribution in [0.3, 0.4) is 0 Å². The first-order chi connectivity index (χ1) is 12.5. The zero-order chi connectivity index (χ0) is 18.7. The predicted molar refractivity (Wildman–Crippen MR) is 107 cm³/mol. The number of rotatable bonds is 5. The van der Waals surface area contributed by atoms with Gasteiger partial charge in [-0.15, -0.1) is 11.3 Å². The van der Waals surface area contributed by atoms with Gasteiger partial charge in [0.05, 0.1) is 17.2 Å². The number of methoxy groups -OCH3 is 1. The van der Waals surface area contributed by atoms with Gasteiger partial charge in [-0.25, -0.2) is 9.78 Å². The molecular formula is C18H12BrCl2NO3S. The van der Waals surface area contributed by atoms with Crippen LogP contribution in [0.25, 0.3) is 10.6 Å². The van der Waals surface area contributed by atoms with Crippen molar-refractivity contribution in [2.75, 3.05) is 7.11 Å². The van der Waals surface area contributed by atoms with E-state index in [9.17, 15) is 4.79 Å². The topological polar surface area (TPSA) is 48.4 Å². The van der Waals surface area contributed by atoms with Crippen molar-refractivity contribution < 1.29 is 14.3 Å². The van der Waals surface area contributed by atoms with Gasteiger partial charge in [0.2, 0.25) is 0 Å². The molecule has 2 aromatic carbocycles. The van der Waals surface area contributed by atoms with Crippen LogP contribution in [0, 0.1) is 0 Å². The van der Waals surface area contributed by atoms with Crippen LogP contribution in [0.4, 0.5) is 0 Å². The minimum absolute atomic E-state index is 0.147. The molecule has 0 aliphatic rings. The van der Waals surface area contributed by atoms with Crippen LogP contribution in [0.5, 0.6) is 5.75 Å². The summed E-state index contributed by atoms with van der Waals surface area (Å²) in [4.78, 5) is 16.6. The van der Waals surface area contributed by atoms with Gasteiger partial charge in [0, 0.05) is 15.4 Å². The van der Waals surface area contributed by atoms with Gasteiger partial charge in [0.25, 0.3) is 0 Å². The van der Waals surface area contributed by atoms with E-state index < -0.39 is 5.97 Å². The number of benzene rings is 2. The first-order valence-corrected chi connectivity index (χ1v) is 9.82. The molecule has 0 radical (unpaired) electrons. The van der Waals surface area contributed by atoms with E-state index in [1.807, 2.05) is 12.1 Å². The van der Waals surface area contributed by atoms with E-state index in [1.54, 1.807) is 36.8 Å². The van der Waals surface area contributed by atoms with Crippen LogP contribution in [0.15, 0.2) is 46.3 Å². The average Bonchev–Trinajstić information content (AvgIpc) is 3.13. The van der Waals surface area contributed by atoms with Gasteiger partial charge in [0.15, 0.2) is 5.69 Å². The van der Waals surface area contributed by atoms with Gasteiger partial charge in [-0.1, -0.05) is 35.3 Å². The van der Waals surface area contributed by atoms with Crippen LogP contribution >= 0.6 is 50.5 Å². The van der Waals surface area contributed by atoms with Crippen molar-refractivity contribution in [3.63, 3.8) is 0 Å². The summed E-state index contributed by atoms with van der Waals surface area (Å²) < 4.78 is 11.1. The molecular weight excluding hydrogens is 461 g/mol. The van der Waals surface area contributed by atoms with Crippen molar-refractivity contribution in [3.8, 4) is 16.3 Å². The zero-order valence-corrected chi connectivity index (χ0v) is 17.4. The summed E-state index contributed by atoms with van der Waals surface area (Å²) in [5, 5.41) is 3.09. The highest BCUT2D eigenvalue weighted by Crippen LogP contribution is 2.40. The molecule has 0 saturated heterocycles. The average molecular weight is 473 g/mol. The first kappa shape index (κ1) is 19.2. The maximum Gasteiger partial charge on any atom is 0.358 e. The van der Waals surface area contributed by atoms with E-state index in [0.29, 0.717) is 25.1 Å². The van der Waals surface area contributed by atoms with Crippen molar-refractivity contribution in [1.29, 1.82) is 0 Å². The summed E-state index contributed by atoms with van der Waals surface area (Å²) in [6, 6.07) is 10.8. The molecule has 0 bridgehead atoms. The Bertz CT molecular complexity index is 944. The summed E-state index contributed by atoms with van der Waals surface area (Å²) in [5.41, 5.74) is 1.65. The number of halogens is 3. The lowest BCUT2D eigenvalue weighted by Gasteiger charge is -2.06. The van der Waals surface area contributed by atoms with Gasteiger partial charge < -0.3 is 9.47 Å². The highest BCUT2D eigenvalue weighted by Gasteiger charge is 2.18. The van der Waals surface area contributed by atoms with Crippen LogP contribution in [-0.4, -0.2) is 18.1 Å². The van der Waals surface area contributed by atoms with Crippen molar-refractivity contribution in [2.24, 2.45) is 0 Å². The third-order valence-electron chi connectivity index (χ3n) is 3.50. The summed E-state index contributed by atoms with van der Waals surface area (Å²) in [6.45, 7) is 0.147. The Labute approximate surface area is 172 Å². The maximum absolute atomic E-state index is 12.2. The molecule has 0 aliphatic carbocycles. The summed E-state index contributed by atoms with van der Waals surface area (Å²) in [6.07, 6.45) is 0. The fraction of sp³-hybridized carbons (Fsp3) is 0.111. The molecule has 0 saturated carbocycles. The lowest BCUT2D eigenvalue weighted by molar-refractivity contribution is 0.0467. The largest absolute Gasteiger partial charge is 0.497 e. The number of ether oxygens (including phenoxy) is 2. The standard InChI is InChI=1S/C18H12BrCl2NO3S/c1-24-11-4-2-10(3-5-11)8-25-18(23)14-9-26-17(22-14)15-13(20)7-6-12(19)16(15)21/h2-7,9H,8H2,1H3. The van der Waals surface area contributed by atoms with E-state index in [-0.39, 0.29) is 12.3 Å². The highest BCUT2D eigenvalue weighted by molar-refractivity contribution is 9.10. The molecule has 3 aromatic rings. The number of aromatic nitrogens is 1. The second-order valence-electron chi connectivity index (χ2n) is 5.18. The number of hydrogen-bond donors (Lipinski definition) is 0. The molecule has 0 aliphatic heterocycles. The molecule has 0 amide bonds. The van der Waals surface area contributed by atoms with Crippen LogP contribution in [-0.2, 0) is 11.3 Å². The van der Waals surface area contributed by atoms with Crippen LogP contribution in [0.1, 0.15) is 16.1 Å². The first-order valence-electron chi connectivity index (χ1n) is 7.39. The SMILES string of the molecule is COc1ccc(COC(=O)c2csc(-c3c(Cl)ccc(Br)c3Cl)n2)cc1. The van der Waals surface area contributed by atoms with Gasteiger partial charge in [-0.05, 0) is 45.8 Å². The third-order valence-corrected chi connectivity index (χ3v) is 5.96. The molecule has 4 nitrogen and oxygen atoms in total. The van der Waals surface area contributed by atoms with E-state index >= 15 is 0 Å². The molecule has 0 N–H and O–H groups in total. The summed E-state index contributed by atoms with van der Waals surface area (Å²) >= 11 is 17.2. The number of hydrogen-bond acceptors (Lipinski definition) is 5. The van der Waals surface area contributed by atoms with E-state index in [1.165, 1.54) is 11.3 Å². The van der Waals surface area contributed by atoms with Crippen molar-refractivity contribution in [1.82, 2.24) is 4.98 Å². The predicted octanol–water partition coefficient (Wildman–Crippen LogP) is 6.25. The minimum Gasteiger partial charge on any atom is -0.497 e. The number of esters is 1. The second kappa shape index (κ2) is 8.39. The van der Waals surface area contributed by atoms with E-state index in [0.717, 1.165) is 11.3 Å². The molecule has 3 rings (SSSR count). The van der Waals surface area contributed by atoms with Gasteiger partial charge in [-0.2, -0.15) is 0 Å². The lowest BCUT2D eigenvalue weighted by Crippen LogP contribution is -2.05. The molecule has 0 atom stereocenters. The number of carbonyl (C=O) groups is 1. The Morgan fingerprint density at radius 2 is 1.92 bits per heavy atom. The molecule has 0 spiro atoms. The Morgan fingerprint density at radius 3 is 2.62 bits per heavy atom. The molecule has 1 aromatic heterocycles. The smallest absolute Gasteiger partial charge is 0.358 e. The molecule has 1 heterocycles. The Morgan fingerprint density at radius 1 is 1.19 bits per heavy atom. The molecule has 8 heteroatoms. The summed E-state index contributed by atoms with van der Waals surface area (Å²) in [5.74, 6) is 0.234. The zero-order valence-electron chi connectivity index (χ0n) is 13.5. The van der Waals surface area contributed by atoms with Crippen molar-refractivity contribution >= 4 is 56.4 Å². The number of nitrogens with zero attached hydrogens (tertiary/aromatic N) is 1. The fourth-order valence-electron chi connectivity index (χ4n) is 2.15. The highest BCUT2D eigenvalue weighted by atomic mass is 79.9. The Balaban J connectivity index is 1.73. The fourth-order valence-corrected chi connectivity index (χ4v) is 4.00. The van der Waals surface area contributed by atoms with Gasteiger partial charge in [0.1, 0.15) is 17.4 Å². The van der Waals surface area contributed by atoms with Crippen LogP contribution < -0.4 is 4.74 Å². The lowest BCUT2D eigenvalue weighted by atomic mass is 10.2. The third kappa shape index (κ3) is 4.20. The van der Waals surface area contributed by atoms with E-state index in [4.69, 9.17) is 32.7 Å². The van der Waals surface area contributed by atoms with E-state index in [2.05, 4.69) is 20.9 Å².